The first-order valence-electron chi connectivity index (χ1n) is 6.65. The Morgan fingerprint density at radius 1 is 1.29 bits per heavy atom. The molecule has 0 aliphatic carbocycles. The van der Waals surface area contributed by atoms with Gasteiger partial charge >= 0.3 is 0 Å². The molecule has 0 saturated carbocycles. The molecular weight excluding hydrogens is 271 g/mol. The molecule has 0 bridgehead atoms. The Balaban J connectivity index is 2.33. The molecule has 0 spiro atoms. The van der Waals surface area contributed by atoms with Gasteiger partial charge in [-0.1, -0.05) is 24.3 Å². The van der Waals surface area contributed by atoms with Crippen LogP contribution in [0.1, 0.15) is 18.5 Å². The van der Waals surface area contributed by atoms with Crippen molar-refractivity contribution in [1.29, 1.82) is 0 Å². The molecule has 2 aromatic rings. The summed E-state index contributed by atoms with van der Waals surface area (Å²) < 4.78 is 18.7. The fraction of sp³-hybridized carbons (Fsp3) is 0.188. The fourth-order valence-electron chi connectivity index (χ4n) is 2.05. The predicted molar refractivity (Wildman–Crippen MR) is 79.6 cm³/mol. The average molecular weight is 288 g/mol. The van der Waals surface area contributed by atoms with Gasteiger partial charge in [0.15, 0.2) is 0 Å². The van der Waals surface area contributed by atoms with Crippen LogP contribution in [-0.2, 0) is 4.79 Å². The lowest BCUT2D eigenvalue weighted by atomic mass is 10.0. The second-order valence-corrected chi connectivity index (χ2v) is 4.46. The number of halogens is 1. The van der Waals surface area contributed by atoms with E-state index in [4.69, 9.17) is 10.5 Å². The van der Waals surface area contributed by atoms with E-state index in [-0.39, 0.29) is 5.82 Å². The predicted octanol–water partition coefficient (Wildman–Crippen LogP) is 2.86. The number of carbonyl (C=O) groups excluding carboxylic acids is 1. The summed E-state index contributed by atoms with van der Waals surface area (Å²) in [5.74, 6) is -0.375. The van der Waals surface area contributed by atoms with Crippen LogP contribution in [0.5, 0.6) is 5.75 Å². The first-order chi connectivity index (χ1) is 10.1. The van der Waals surface area contributed by atoms with Gasteiger partial charge in [-0.25, -0.2) is 4.39 Å². The smallest absolute Gasteiger partial charge is 0.244 e. The molecule has 21 heavy (non-hydrogen) atoms. The second-order valence-electron chi connectivity index (χ2n) is 4.46. The number of benzene rings is 2. The van der Waals surface area contributed by atoms with Gasteiger partial charge in [0.25, 0.3) is 0 Å². The Morgan fingerprint density at radius 3 is 2.71 bits per heavy atom. The van der Waals surface area contributed by atoms with Crippen molar-refractivity contribution in [2.24, 2.45) is 5.73 Å². The summed E-state index contributed by atoms with van der Waals surface area (Å²) in [6, 6.07) is 12.2. The van der Waals surface area contributed by atoms with Gasteiger partial charge in [-0.05, 0) is 31.2 Å². The van der Waals surface area contributed by atoms with Gasteiger partial charge in [0, 0.05) is 11.3 Å². The lowest BCUT2D eigenvalue weighted by molar-refractivity contribution is -0.118. The van der Waals surface area contributed by atoms with E-state index >= 15 is 0 Å². The Labute approximate surface area is 122 Å². The number of carbonyl (C=O) groups is 1. The summed E-state index contributed by atoms with van der Waals surface area (Å²) in [6.45, 7) is 2.33. The van der Waals surface area contributed by atoms with Crippen molar-refractivity contribution < 1.29 is 13.9 Å². The van der Waals surface area contributed by atoms with Gasteiger partial charge in [-0.3, -0.25) is 4.79 Å². The number of nitrogens with two attached hydrogens (primary N) is 1. The van der Waals surface area contributed by atoms with Crippen molar-refractivity contribution in [3.8, 4) is 5.75 Å². The topological polar surface area (TPSA) is 64.3 Å². The van der Waals surface area contributed by atoms with Crippen LogP contribution in [-0.4, -0.2) is 12.5 Å². The average Bonchev–Trinajstić information content (AvgIpc) is 2.46. The third-order valence-electron chi connectivity index (χ3n) is 2.95. The molecule has 0 saturated heterocycles. The highest BCUT2D eigenvalue weighted by Gasteiger charge is 2.21. The zero-order chi connectivity index (χ0) is 15.2. The van der Waals surface area contributed by atoms with Gasteiger partial charge in [-0.2, -0.15) is 0 Å². The van der Waals surface area contributed by atoms with Crippen LogP contribution in [0.3, 0.4) is 0 Å². The van der Waals surface area contributed by atoms with Crippen molar-refractivity contribution in [3.05, 3.63) is 59.9 Å². The summed E-state index contributed by atoms with van der Waals surface area (Å²) in [7, 11) is 0. The summed E-state index contributed by atoms with van der Waals surface area (Å²) >= 11 is 0. The molecule has 0 heterocycles. The minimum atomic E-state index is -0.797. The van der Waals surface area contributed by atoms with Crippen molar-refractivity contribution in [1.82, 2.24) is 0 Å². The molecular formula is C16H17FN2O2. The number of anilines is 1. The lowest BCUT2D eigenvalue weighted by Gasteiger charge is -2.20. The number of para-hydroxylation sites is 1. The first-order valence-corrected chi connectivity index (χ1v) is 6.65. The maximum Gasteiger partial charge on any atom is 0.244 e. The summed E-state index contributed by atoms with van der Waals surface area (Å²) in [5.41, 5.74) is 6.57. The Kier molecular flexibility index (Phi) is 4.77. The maximum atomic E-state index is 13.2. The van der Waals surface area contributed by atoms with E-state index in [2.05, 4.69) is 5.32 Å². The molecule has 0 aliphatic rings. The van der Waals surface area contributed by atoms with Crippen LogP contribution in [0.2, 0.25) is 0 Å². The molecule has 110 valence electrons. The van der Waals surface area contributed by atoms with Gasteiger partial charge < -0.3 is 15.8 Å². The number of rotatable bonds is 6. The molecule has 2 aromatic carbocycles. The third kappa shape index (κ3) is 3.72. The first kappa shape index (κ1) is 14.8. The van der Waals surface area contributed by atoms with Crippen molar-refractivity contribution in [2.45, 2.75) is 13.0 Å². The Morgan fingerprint density at radius 2 is 2.05 bits per heavy atom. The van der Waals surface area contributed by atoms with Crippen LogP contribution in [0.15, 0.2) is 48.5 Å². The number of nitrogens with one attached hydrogen (secondary N) is 1. The van der Waals surface area contributed by atoms with E-state index in [1.807, 2.05) is 13.0 Å². The molecule has 0 aromatic heterocycles. The van der Waals surface area contributed by atoms with Crippen LogP contribution in [0.25, 0.3) is 0 Å². The van der Waals surface area contributed by atoms with Gasteiger partial charge in [-0.15, -0.1) is 0 Å². The molecule has 2 rings (SSSR count). The van der Waals surface area contributed by atoms with Crippen molar-refractivity contribution in [3.63, 3.8) is 0 Å². The highest BCUT2D eigenvalue weighted by atomic mass is 19.1. The maximum absolute atomic E-state index is 13.2. The summed E-state index contributed by atoms with van der Waals surface area (Å²) in [6.07, 6.45) is 0. The molecule has 4 nitrogen and oxygen atoms in total. The molecule has 0 fully saturated rings. The van der Waals surface area contributed by atoms with E-state index < -0.39 is 11.9 Å². The normalized spacial score (nSPS) is 11.7. The standard InChI is InChI=1S/C16H17FN2O2/c1-2-21-14-9-4-3-8-13(14)15(16(18)20)19-12-7-5-6-11(17)10-12/h3-10,15,19H,2H2,1H3,(H2,18,20). The highest BCUT2D eigenvalue weighted by molar-refractivity contribution is 5.85. The fourth-order valence-corrected chi connectivity index (χ4v) is 2.05. The second kappa shape index (κ2) is 6.74. The number of primary amides is 1. The van der Waals surface area contributed by atoms with Crippen LogP contribution in [0.4, 0.5) is 10.1 Å². The quantitative estimate of drug-likeness (QED) is 0.859. The summed E-state index contributed by atoms with van der Waals surface area (Å²) in [4.78, 5) is 11.8. The monoisotopic (exact) mass is 288 g/mol. The van der Waals surface area contributed by atoms with Crippen molar-refractivity contribution >= 4 is 11.6 Å². The molecule has 0 radical (unpaired) electrons. The van der Waals surface area contributed by atoms with Crippen LogP contribution in [0, 0.1) is 5.82 Å². The van der Waals surface area contributed by atoms with Crippen LogP contribution < -0.4 is 15.8 Å². The largest absolute Gasteiger partial charge is 0.494 e. The molecule has 1 unspecified atom stereocenters. The molecule has 1 amide bonds. The number of amides is 1. The van der Waals surface area contributed by atoms with Gasteiger partial charge in [0.2, 0.25) is 5.91 Å². The van der Waals surface area contributed by atoms with Gasteiger partial charge in [0.05, 0.1) is 6.61 Å². The zero-order valence-electron chi connectivity index (χ0n) is 11.7. The molecule has 3 N–H and O–H groups in total. The van der Waals surface area contributed by atoms with E-state index in [9.17, 15) is 9.18 Å². The Bertz CT molecular complexity index is 631. The Hall–Kier alpha value is -2.56. The molecule has 1 atom stereocenters. The minimum absolute atomic E-state index is 0.388. The SMILES string of the molecule is CCOc1ccccc1C(Nc1cccc(F)c1)C(N)=O. The molecule has 5 heteroatoms. The zero-order valence-corrected chi connectivity index (χ0v) is 11.7. The number of hydrogen-bond donors (Lipinski definition) is 2. The van der Waals surface area contributed by atoms with E-state index in [0.29, 0.717) is 23.6 Å². The van der Waals surface area contributed by atoms with E-state index in [0.717, 1.165) is 0 Å². The highest BCUT2D eigenvalue weighted by Crippen LogP contribution is 2.28. The van der Waals surface area contributed by atoms with Crippen molar-refractivity contribution in [2.75, 3.05) is 11.9 Å². The van der Waals surface area contributed by atoms with Crippen LogP contribution >= 0.6 is 0 Å². The number of ether oxygens (including phenoxy) is 1. The lowest BCUT2D eigenvalue weighted by Crippen LogP contribution is -2.28. The third-order valence-corrected chi connectivity index (χ3v) is 2.95. The molecule has 0 aliphatic heterocycles. The number of hydrogen-bond acceptors (Lipinski definition) is 3. The summed E-state index contributed by atoms with van der Waals surface area (Å²) in [5, 5.41) is 2.94. The van der Waals surface area contributed by atoms with E-state index in [1.165, 1.54) is 12.1 Å². The van der Waals surface area contributed by atoms with Gasteiger partial charge in [0.1, 0.15) is 17.6 Å². The minimum Gasteiger partial charge on any atom is -0.494 e. The van der Waals surface area contributed by atoms with E-state index in [1.54, 1.807) is 30.3 Å².